The number of hydrogen-bond acceptors (Lipinski definition) is 5. The van der Waals surface area contributed by atoms with Gasteiger partial charge in [-0.15, -0.1) is 0 Å². The molecule has 0 fully saturated rings. The van der Waals surface area contributed by atoms with E-state index in [1.807, 2.05) is 0 Å². The molecule has 0 aliphatic heterocycles. The van der Waals surface area contributed by atoms with Gasteiger partial charge in [0.05, 0.1) is 33.0 Å². The smallest absolute Gasteiger partial charge is 0.321 e. The predicted octanol–water partition coefficient (Wildman–Crippen LogP) is 0.278. The Labute approximate surface area is 110 Å². The largest absolute Gasteiger partial charge is 0.480 e. The third kappa shape index (κ3) is 7.05. The van der Waals surface area contributed by atoms with Gasteiger partial charge in [0, 0.05) is 23.7 Å². The first-order chi connectivity index (χ1) is 8.42. The number of carboxylic acids is 1. The van der Waals surface area contributed by atoms with Crippen LogP contribution in [0.2, 0.25) is 0 Å². The summed E-state index contributed by atoms with van der Waals surface area (Å²) < 4.78 is 25.6. The molecule has 6 nitrogen and oxygen atoms in total. The fourth-order valence-corrected chi connectivity index (χ4v) is 1.93. The van der Waals surface area contributed by atoms with Crippen molar-refractivity contribution < 1.29 is 28.3 Å². The highest BCUT2D eigenvalue weighted by atomic mass is 32.2. The minimum Gasteiger partial charge on any atom is -0.480 e. The first kappa shape index (κ1) is 17.5. The van der Waals surface area contributed by atoms with Crippen molar-refractivity contribution in [3.63, 3.8) is 0 Å². The van der Waals surface area contributed by atoms with Crippen LogP contribution in [0.5, 0.6) is 0 Å². The maximum atomic E-state index is 11.7. The number of methoxy groups -OCH3 is 1. The zero-order valence-electron chi connectivity index (χ0n) is 11.1. The van der Waals surface area contributed by atoms with Crippen LogP contribution in [-0.2, 0) is 29.8 Å². The Morgan fingerprint density at radius 2 is 1.61 bits per heavy atom. The van der Waals surface area contributed by atoms with E-state index in [4.69, 9.17) is 19.3 Å². The molecule has 0 aromatic rings. The molecule has 0 aromatic heterocycles. The lowest BCUT2D eigenvalue weighted by Gasteiger charge is -2.18. The molecule has 1 atom stereocenters. The van der Waals surface area contributed by atoms with Crippen LogP contribution in [0.15, 0.2) is 0 Å². The summed E-state index contributed by atoms with van der Waals surface area (Å²) in [6.07, 6.45) is 0. The highest BCUT2D eigenvalue weighted by molar-refractivity contribution is 7.87. The lowest BCUT2D eigenvalue weighted by molar-refractivity contribution is -0.139. The van der Waals surface area contributed by atoms with E-state index >= 15 is 0 Å². The number of carboxylic acid groups (broad SMARTS) is 1. The van der Waals surface area contributed by atoms with E-state index < -0.39 is 21.5 Å². The van der Waals surface area contributed by atoms with Crippen LogP contribution in [0.3, 0.4) is 0 Å². The summed E-state index contributed by atoms with van der Waals surface area (Å²) in [5, 5.41) is 8.87. The van der Waals surface area contributed by atoms with Crippen molar-refractivity contribution in [3.8, 4) is 0 Å². The van der Waals surface area contributed by atoms with Crippen LogP contribution < -0.4 is 0 Å². The molecule has 0 rings (SSSR count). The summed E-state index contributed by atoms with van der Waals surface area (Å²) in [6.45, 7) is 5.04. The van der Waals surface area contributed by atoms with Gasteiger partial charge in [0.25, 0.3) is 0 Å². The summed E-state index contributed by atoms with van der Waals surface area (Å²) in [5.41, 5.74) is 0. The minimum atomic E-state index is -1.46. The topological polar surface area (TPSA) is 82.1 Å². The number of aliphatic carboxylic acids is 1. The molecule has 0 aliphatic carbocycles. The summed E-state index contributed by atoms with van der Waals surface area (Å²) in [7, 11) is 0.141. The number of rotatable bonds is 11. The molecule has 0 spiro atoms. The second-order valence-corrected chi connectivity index (χ2v) is 6.20. The van der Waals surface area contributed by atoms with Gasteiger partial charge in [0.2, 0.25) is 0 Å². The Morgan fingerprint density at radius 3 is 2.11 bits per heavy atom. The van der Waals surface area contributed by atoms with Gasteiger partial charge in [-0.25, -0.2) is 0 Å². The Hall–Kier alpha value is -0.500. The molecule has 1 unspecified atom stereocenters. The molecular formula is C11H22O6S. The van der Waals surface area contributed by atoms with Crippen LogP contribution in [0.25, 0.3) is 0 Å². The third-order valence-corrected chi connectivity index (χ3v) is 4.15. The average Bonchev–Trinajstić information content (AvgIpc) is 2.32. The predicted molar refractivity (Wildman–Crippen MR) is 68.2 cm³/mol. The Bertz CT molecular complexity index is 266. The van der Waals surface area contributed by atoms with Gasteiger partial charge in [-0.2, -0.15) is 0 Å². The van der Waals surface area contributed by atoms with Gasteiger partial charge in [0.1, 0.15) is 4.75 Å². The van der Waals surface area contributed by atoms with Crippen molar-refractivity contribution >= 4 is 16.8 Å². The Morgan fingerprint density at radius 1 is 1.11 bits per heavy atom. The van der Waals surface area contributed by atoms with Crippen molar-refractivity contribution in [2.45, 2.75) is 18.6 Å². The summed E-state index contributed by atoms with van der Waals surface area (Å²) in [6, 6.07) is 0. The zero-order valence-corrected chi connectivity index (χ0v) is 12.0. The summed E-state index contributed by atoms with van der Waals surface area (Å²) >= 11 is 0. The van der Waals surface area contributed by atoms with Crippen molar-refractivity contribution in [3.05, 3.63) is 0 Å². The molecule has 0 radical (unpaired) electrons. The van der Waals surface area contributed by atoms with Crippen LogP contribution in [0, 0.1) is 0 Å². The minimum absolute atomic E-state index is 0.206. The summed E-state index contributed by atoms with van der Waals surface area (Å²) in [5.74, 6) is -0.860. The number of ether oxygens (including phenoxy) is 3. The molecular weight excluding hydrogens is 260 g/mol. The van der Waals surface area contributed by atoms with Gasteiger partial charge >= 0.3 is 5.97 Å². The molecule has 108 valence electrons. The van der Waals surface area contributed by atoms with Crippen molar-refractivity contribution in [1.29, 1.82) is 0 Å². The van der Waals surface area contributed by atoms with Gasteiger partial charge in [-0.1, -0.05) is 0 Å². The van der Waals surface area contributed by atoms with Gasteiger partial charge in [-0.05, 0) is 13.8 Å². The highest BCUT2D eigenvalue weighted by Crippen LogP contribution is 2.13. The monoisotopic (exact) mass is 282 g/mol. The standard InChI is InChI=1S/C11H22O6S/c1-11(2,10(12)13)18(14)9-8-17-7-6-16-5-4-15-3/h4-9H2,1-3H3,(H,12,13). The van der Waals surface area contributed by atoms with Crippen LogP contribution in [-0.4, -0.2) is 65.9 Å². The third-order valence-electron chi connectivity index (χ3n) is 2.30. The lowest BCUT2D eigenvalue weighted by atomic mass is 10.2. The van der Waals surface area contributed by atoms with E-state index in [-0.39, 0.29) is 12.4 Å². The molecule has 7 heteroatoms. The quantitative estimate of drug-likeness (QED) is 0.548. The molecule has 0 aromatic carbocycles. The first-order valence-electron chi connectivity index (χ1n) is 5.69. The van der Waals surface area contributed by atoms with Crippen LogP contribution in [0.4, 0.5) is 0 Å². The van der Waals surface area contributed by atoms with Crippen LogP contribution in [0.1, 0.15) is 13.8 Å². The molecule has 0 bridgehead atoms. The first-order valence-corrected chi connectivity index (χ1v) is 7.01. The molecule has 0 saturated carbocycles. The molecule has 0 aliphatic rings. The average molecular weight is 282 g/mol. The van der Waals surface area contributed by atoms with Gasteiger partial charge in [0.15, 0.2) is 0 Å². The highest BCUT2D eigenvalue weighted by Gasteiger charge is 2.33. The molecule has 0 saturated heterocycles. The van der Waals surface area contributed by atoms with E-state index in [1.165, 1.54) is 13.8 Å². The van der Waals surface area contributed by atoms with Crippen molar-refractivity contribution in [2.24, 2.45) is 0 Å². The normalized spacial score (nSPS) is 13.5. The summed E-state index contributed by atoms with van der Waals surface area (Å²) in [4.78, 5) is 10.8. The molecule has 0 amide bonds. The zero-order chi connectivity index (χ0) is 14.0. The van der Waals surface area contributed by atoms with Crippen molar-refractivity contribution in [2.75, 3.05) is 45.9 Å². The Kier molecular flexibility index (Phi) is 9.17. The fraction of sp³-hybridized carbons (Fsp3) is 0.909. The van der Waals surface area contributed by atoms with E-state index in [0.29, 0.717) is 26.4 Å². The van der Waals surface area contributed by atoms with Crippen molar-refractivity contribution in [1.82, 2.24) is 0 Å². The van der Waals surface area contributed by atoms with E-state index in [9.17, 15) is 9.00 Å². The van der Waals surface area contributed by atoms with E-state index in [1.54, 1.807) is 7.11 Å². The van der Waals surface area contributed by atoms with Gasteiger partial charge in [-0.3, -0.25) is 9.00 Å². The molecule has 1 N–H and O–H groups in total. The van der Waals surface area contributed by atoms with Gasteiger partial charge < -0.3 is 19.3 Å². The fourth-order valence-electron chi connectivity index (χ4n) is 0.951. The molecule has 0 heterocycles. The maximum Gasteiger partial charge on any atom is 0.321 e. The maximum absolute atomic E-state index is 11.7. The van der Waals surface area contributed by atoms with E-state index in [0.717, 1.165) is 0 Å². The SMILES string of the molecule is COCCOCCOCCS(=O)C(C)(C)C(=O)O. The second kappa shape index (κ2) is 9.43. The van der Waals surface area contributed by atoms with Crippen LogP contribution >= 0.6 is 0 Å². The Balaban J connectivity index is 3.55. The number of carbonyl (C=O) groups is 1. The second-order valence-electron chi connectivity index (χ2n) is 4.08. The van der Waals surface area contributed by atoms with E-state index in [2.05, 4.69) is 0 Å². The lowest BCUT2D eigenvalue weighted by Crippen LogP contribution is -2.38. The molecule has 18 heavy (non-hydrogen) atoms. The number of hydrogen-bond donors (Lipinski definition) is 1.